The van der Waals surface area contributed by atoms with E-state index in [4.69, 9.17) is 4.74 Å². The fourth-order valence-electron chi connectivity index (χ4n) is 2.14. The van der Waals surface area contributed by atoms with Crippen LogP contribution in [0.2, 0.25) is 0 Å². The lowest BCUT2D eigenvalue weighted by atomic mass is 10.0. The molecule has 0 bridgehead atoms. The van der Waals surface area contributed by atoms with Crippen LogP contribution in [0, 0.1) is 10.1 Å². The van der Waals surface area contributed by atoms with Gasteiger partial charge >= 0.3 is 0 Å². The summed E-state index contributed by atoms with van der Waals surface area (Å²) in [5.74, 6) is 0.823. The molecule has 5 heteroatoms. The van der Waals surface area contributed by atoms with Gasteiger partial charge in [-0.25, -0.2) is 0 Å². The van der Waals surface area contributed by atoms with Crippen LogP contribution in [0.15, 0.2) is 48.5 Å². The smallest absolute Gasteiger partial charge is 0.269 e. The number of anilines is 1. The molecule has 0 amide bonds. The highest BCUT2D eigenvalue weighted by Crippen LogP contribution is 2.25. The highest BCUT2D eigenvalue weighted by molar-refractivity contribution is 5.50. The van der Waals surface area contributed by atoms with E-state index in [1.807, 2.05) is 24.3 Å². The third-order valence-corrected chi connectivity index (χ3v) is 3.35. The minimum absolute atomic E-state index is 0.0954. The molecular formula is C16H18N2O3. The zero-order chi connectivity index (χ0) is 15.2. The Balaban J connectivity index is 2.12. The molecule has 2 rings (SSSR count). The van der Waals surface area contributed by atoms with E-state index in [1.165, 1.54) is 12.1 Å². The Bertz CT molecular complexity index is 594. The van der Waals surface area contributed by atoms with Crippen LogP contribution in [0.5, 0.6) is 5.75 Å². The van der Waals surface area contributed by atoms with Crippen LogP contribution < -0.4 is 10.1 Å². The summed E-state index contributed by atoms with van der Waals surface area (Å²) in [5.41, 5.74) is 2.11. The quantitative estimate of drug-likeness (QED) is 0.639. The molecule has 110 valence electrons. The van der Waals surface area contributed by atoms with Crippen LogP contribution in [0.1, 0.15) is 24.9 Å². The molecule has 0 aliphatic rings. The molecule has 1 N–H and O–H groups in total. The van der Waals surface area contributed by atoms with Crippen molar-refractivity contribution in [2.45, 2.75) is 19.4 Å². The summed E-state index contributed by atoms with van der Waals surface area (Å²) in [6.07, 6.45) is 0.906. The van der Waals surface area contributed by atoms with Gasteiger partial charge in [0.05, 0.1) is 18.1 Å². The number of nitrogens with zero attached hydrogens (tertiary/aromatic N) is 1. The zero-order valence-corrected chi connectivity index (χ0v) is 12.1. The Morgan fingerprint density at radius 3 is 2.24 bits per heavy atom. The van der Waals surface area contributed by atoms with E-state index in [9.17, 15) is 10.1 Å². The molecule has 1 unspecified atom stereocenters. The van der Waals surface area contributed by atoms with Crippen molar-refractivity contribution in [2.24, 2.45) is 0 Å². The molecule has 0 saturated carbocycles. The summed E-state index contributed by atoms with van der Waals surface area (Å²) in [6, 6.07) is 14.5. The van der Waals surface area contributed by atoms with Crippen molar-refractivity contribution in [1.82, 2.24) is 0 Å². The van der Waals surface area contributed by atoms with Gasteiger partial charge in [0.15, 0.2) is 0 Å². The molecule has 0 aliphatic carbocycles. The average Bonchev–Trinajstić information content (AvgIpc) is 2.53. The van der Waals surface area contributed by atoms with Gasteiger partial charge in [0.2, 0.25) is 0 Å². The molecule has 5 nitrogen and oxygen atoms in total. The molecule has 0 saturated heterocycles. The predicted octanol–water partition coefficient (Wildman–Crippen LogP) is 4.17. The first-order valence-electron chi connectivity index (χ1n) is 6.79. The highest BCUT2D eigenvalue weighted by Gasteiger charge is 2.10. The number of nitro benzene ring substituents is 1. The van der Waals surface area contributed by atoms with Crippen molar-refractivity contribution in [3.05, 3.63) is 64.2 Å². The first-order valence-corrected chi connectivity index (χ1v) is 6.79. The van der Waals surface area contributed by atoms with Crippen molar-refractivity contribution < 1.29 is 9.66 Å². The number of methoxy groups -OCH3 is 1. The van der Waals surface area contributed by atoms with E-state index in [2.05, 4.69) is 12.2 Å². The number of nitro groups is 1. The van der Waals surface area contributed by atoms with Gasteiger partial charge < -0.3 is 10.1 Å². The van der Waals surface area contributed by atoms with Gasteiger partial charge in [0.25, 0.3) is 5.69 Å². The molecule has 0 radical (unpaired) electrons. The number of ether oxygens (including phenoxy) is 1. The third-order valence-electron chi connectivity index (χ3n) is 3.35. The molecule has 21 heavy (non-hydrogen) atoms. The molecule has 2 aromatic rings. The maximum Gasteiger partial charge on any atom is 0.269 e. The SMILES string of the molecule is CCC(Nc1ccc([N+](=O)[O-])cc1)c1ccc(OC)cc1. The summed E-state index contributed by atoms with van der Waals surface area (Å²) < 4.78 is 5.15. The molecule has 0 aliphatic heterocycles. The van der Waals surface area contributed by atoms with Crippen LogP contribution in [0.3, 0.4) is 0 Å². The van der Waals surface area contributed by atoms with Crippen LogP contribution in [-0.4, -0.2) is 12.0 Å². The van der Waals surface area contributed by atoms with Gasteiger partial charge in [-0.1, -0.05) is 19.1 Å². The van der Waals surface area contributed by atoms with Crippen LogP contribution in [-0.2, 0) is 0 Å². The van der Waals surface area contributed by atoms with Gasteiger partial charge in [0, 0.05) is 17.8 Å². The Kier molecular flexibility index (Phi) is 4.77. The number of hydrogen-bond donors (Lipinski definition) is 1. The molecule has 0 fully saturated rings. The lowest BCUT2D eigenvalue weighted by Gasteiger charge is -2.19. The average molecular weight is 286 g/mol. The molecule has 0 heterocycles. The maximum atomic E-state index is 10.6. The van der Waals surface area contributed by atoms with Crippen molar-refractivity contribution in [3.8, 4) is 5.75 Å². The number of non-ortho nitro benzene ring substituents is 1. The maximum absolute atomic E-state index is 10.6. The third kappa shape index (κ3) is 3.72. The van der Waals surface area contributed by atoms with Crippen LogP contribution >= 0.6 is 0 Å². The van der Waals surface area contributed by atoms with Gasteiger partial charge in [0.1, 0.15) is 5.75 Å². The van der Waals surface area contributed by atoms with Gasteiger partial charge in [-0.3, -0.25) is 10.1 Å². The fraction of sp³-hybridized carbons (Fsp3) is 0.250. The van der Waals surface area contributed by atoms with Gasteiger partial charge in [-0.05, 0) is 36.2 Å². The largest absolute Gasteiger partial charge is 0.497 e. The van der Waals surface area contributed by atoms with Crippen molar-refractivity contribution in [2.75, 3.05) is 12.4 Å². The summed E-state index contributed by atoms with van der Waals surface area (Å²) in [4.78, 5) is 10.2. The summed E-state index contributed by atoms with van der Waals surface area (Å²) in [6.45, 7) is 2.09. The zero-order valence-electron chi connectivity index (χ0n) is 12.1. The number of nitrogens with one attached hydrogen (secondary N) is 1. The highest BCUT2D eigenvalue weighted by atomic mass is 16.6. The minimum atomic E-state index is -0.398. The topological polar surface area (TPSA) is 64.4 Å². The molecule has 2 aromatic carbocycles. The van der Waals surface area contributed by atoms with Crippen LogP contribution in [0.25, 0.3) is 0 Å². The van der Waals surface area contributed by atoms with Gasteiger partial charge in [-0.15, -0.1) is 0 Å². The van der Waals surface area contributed by atoms with Crippen molar-refractivity contribution in [1.29, 1.82) is 0 Å². The van der Waals surface area contributed by atoms with Crippen LogP contribution in [0.4, 0.5) is 11.4 Å². The van der Waals surface area contributed by atoms with E-state index in [0.717, 1.165) is 23.4 Å². The fourth-order valence-corrected chi connectivity index (χ4v) is 2.14. The second kappa shape index (κ2) is 6.74. The summed E-state index contributed by atoms with van der Waals surface area (Å²) in [7, 11) is 1.64. The Morgan fingerprint density at radius 1 is 1.14 bits per heavy atom. The van der Waals surface area contributed by atoms with Crippen molar-refractivity contribution >= 4 is 11.4 Å². The lowest BCUT2D eigenvalue weighted by Crippen LogP contribution is -2.09. The normalized spacial score (nSPS) is 11.7. The standard InChI is InChI=1S/C16H18N2O3/c1-3-16(12-4-10-15(21-2)11-5-12)17-13-6-8-14(9-7-13)18(19)20/h4-11,16-17H,3H2,1-2H3. The second-order valence-electron chi connectivity index (χ2n) is 4.68. The van der Waals surface area contributed by atoms with E-state index >= 15 is 0 Å². The summed E-state index contributed by atoms with van der Waals surface area (Å²) >= 11 is 0. The van der Waals surface area contributed by atoms with Crippen molar-refractivity contribution in [3.63, 3.8) is 0 Å². The second-order valence-corrected chi connectivity index (χ2v) is 4.68. The first-order chi connectivity index (χ1) is 10.1. The van der Waals surface area contributed by atoms with E-state index in [-0.39, 0.29) is 11.7 Å². The number of rotatable bonds is 6. The summed E-state index contributed by atoms with van der Waals surface area (Å²) in [5, 5.41) is 14.0. The number of hydrogen-bond acceptors (Lipinski definition) is 4. The Morgan fingerprint density at radius 2 is 1.76 bits per heavy atom. The molecule has 0 spiro atoms. The van der Waals surface area contributed by atoms with E-state index in [0.29, 0.717) is 0 Å². The molecule has 0 aromatic heterocycles. The minimum Gasteiger partial charge on any atom is -0.497 e. The van der Waals surface area contributed by atoms with E-state index in [1.54, 1.807) is 19.2 Å². The lowest BCUT2D eigenvalue weighted by molar-refractivity contribution is -0.384. The number of benzene rings is 2. The van der Waals surface area contributed by atoms with E-state index < -0.39 is 4.92 Å². The Labute approximate surface area is 123 Å². The first kappa shape index (κ1) is 14.8. The Hall–Kier alpha value is -2.56. The van der Waals surface area contributed by atoms with Gasteiger partial charge in [-0.2, -0.15) is 0 Å². The molecule has 1 atom stereocenters. The molecular weight excluding hydrogens is 268 g/mol. The monoisotopic (exact) mass is 286 g/mol. The predicted molar refractivity (Wildman–Crippen MR) is 82.7 cm³/mol.